The molecule has 2 N–H and O–H groups in total. The van der Waals surface area contributed by atoms with Crippen molar-refractivity contribution in [3.63, 3.8) is 0 Å². The fourth-order valence-corrected chi connectivity index (χ4v) is 3.70. The average molecular weight is 379 g/mol. The van der Waals surface area contributed by atoms with Crippen LogP contribution in [0.4, 0.5) is 19.0 Å². The lowest BCUT2D eigenvalue weighted by Crippen LogP contribution is -2.35. The zero-order chi connectivity index (χ0) is 18.3. The van der Waals surface area contributed by atoms with Gasteiger partial charge in [0.1, 0.15) is 16.5 Å². The molecule has 2 aromatic heterocycles. The van der Waals surface area contributed by atoms with Crippen LogP contribution in [0.15, 0.2) is 35.7 Å². The van der Waals surface area contributed by atoms with E-state index in [9.17, 15) is 18.3 Å². The Morgan fingerprint density at radius 2 is 1.92 bits per heavy atom. The number of hydrogen-bond acceptors (Lipinski definition) is 5. The molecule has 1 fully saturated rings. The molecule has 1 aliphatic rings. The molecule has 1 unspecified atom stereocenters. The summed E-state index contributed by atoms with van der Waals surface area (Å²) in [5, 5.41) is 14.7. The summed E-state index contributed by atoms with van der Waals surface area (Å²) in [5.74, 6) is 1.28. The van der Waals surface area contributed by atoms with Gasteiger partial charge in [-0.2, -0.15) is 13.2 Å². The molecule has 0 spiro atoms. The second kappa shape index (κ2) is 6.51. The number of aromatic nitrogens is 2. The normalized spacial score (nSPS) is 16.0. The van der Waals surface area contributed by atoms with Gasteiger partial charge in [-0.25, -0.2) is 9.97 Å². The van der Waals surface area contributed by atoms with E-state index >= 15 is 0 Å². The highest BCUT2D eigenvalue weighted by Gasteiger charge is 2.38. The molecular weight excluding hydrogens is 363 g/mol. The van der Waals surface area contributed by atoms with E-state index < -0.39 is 18.8 Å². The van der Waals surface area contributed by atoms with Crippen LogP contribution in [0.1, 0.15) is 24.6 Å². The van der Waals surface area contributed by atoms with E-state index in [0.29, 0.717) is 17.0 Å². The van der Waals surface area contributed by atoms with Gasteiger partial charge in [0.05, 0.1) is 11.9 Å². The summed E-state index contributed by atoms with van der Waals surface area (Å²) in [6.45, 7) is -0.649. The number of nitrogens with one attached hydrogen (secondary N) is 1. The quantitative estimate of drug-likeness (QED) is 0.682. The molecule has 8 heteroatoms. The summed E-state index contributed by atoms with van der Waals surface area (Å²) in [6.07, 6.45) is -5.13. The molecule has 136 valence electrons. The maximum Gasteiger partial charge on any atom is 0.416 e. The maximum atomic E-state index is 12.6. The zero-order valence-electron chi connectivity index (χ0n) is 13.6. The molecule has 0 amide bonds. The minimum atomic E-state index is -4.67. The third kappa shape index (κ3) is 3.39. The van der Waals surface area contributed by atoms with E-state index in [2.05, 4.69) is 15.3 Å². The first-order valence-electron chi connectivity index (χ1n) is 8.26. The number of fused-ring (bicyclic) bond motifs is 1. The Labute approximate surface area is 151 Å². The van der Waals surface area contributed by atoms with Crippen molar-refractivity contribution in [1.82, 2.24) is 9.97 Å². The second-order valence-electron chi connectivity index (χ2n) is 6.34. The Balaban J connectivity index is 1.76. The van der Waals surface area contributed by atoms with Gasteiger partial charge < -0.3 is 10.4 Å². The van der Waals surface area contributed by atoms with Gasteiger partial charge in [-0.05, 0) is 18.4 Å². The highest BCUT2D eigenvalue weighted by molar-refractivity contribution is 7.17. The van der Waals surface area contributed by atoms with Crippen LogP contribution in [0.2, 0.25) is 0 Å². The summed E-state index contributed by atoms with van der Waals surface area (Å²) in [5.41, 5.74) is 1.82. The van der Waals surface area contributed by atoms with Crippen molar-refractivity contribution in [2.24, 2.45) is 0 Å². The highest BCUT2D eigenvalue weighted by Crippen LogP contribution is 2.42. The van der Waals surface area contributed by atoms with Crippen molar-refractivity contribution in [2.75, 3.05) is 11.9 Å². The third-order valence-corrected chi connectivity index (χ3v) is 5.19. The first-order valence-corrected chi connectivity index (χ1v) is 9.14. The third-order valence-electron chi connectivity index (χ3n) is 4.32. The van der Waals surface area contributed by atoms with E-state index in [1.165, 1.54) is 11.3 Å². The van der Waals surface area contributed by atoms with Gasteiger partial charge in [-0.3, -0.25) is 0 Å². The molecule has 1 aliphatic carbocycles. The summed E-state index contributed by atoms with van der Waals surface area (Å²) in [6, 6.07) is 9.57. The van der Waals surface area contributed by atoms with Crippen LogP contribution in [-0.2, 0) is 0 Å². The van der Waals surface area contributed by atoms with E-state index in [-0.39, 0.29) is 5.92 Å². The summed E-state index contributed by atoms with van der Waals surface area (Å²) in [4.78, 5) is 9.82. The number of aliphatic hydroxyl groups is 1. The minimum absolute atomic E-state index is 0.273. The van der Waals surface area contributed by atoms with Crippen LogP contribution >= 0.6 is 11.3 Å². The van der Waals surface area contributed by atoms with Crippen LogP contribution in [0.25, 0.3) is 21.3 Å². The van der Waals surface area contributed by atoms with E-state index in [0.717, 1.165) is 28.8 Å². The van der Waals surface area contributed by atoms with Crippen molar-refractivity contribution in [1.29, 1.82) is 0 Å². The van der Waals surface area contributed by atoms with Gasteiger partial charge >= 0.3 is 6.18 Å². The molecule has 26 heavy (non-hydrogen) atoms. The average Bonchev–Trinajstić information content (AvgIpc) is 3.38. The summed E-state index contributed by atoms with van der Waals surface area (Å²) in [7, 11) is 0. The SMILES string of the molecule is OC(CNc1nc(C2CC2)nc2scc(-c3ccccc3)c12)C(F)(F)F. The van der Waals surface area contributed by atoms with Crippen molar-refractivity contribution >= 4 is 27.4 Å². The number of halogens is 3. The lowest BCUT2D eigenvalue weighted by atomic mass is 10.1. The van der Waals surface area contributed by atoms with Crippen molar-refractivity contribution in [3.8, 4) is 11.1 Å². The number of thiophene rings is 1. The number of alkyl halides is 3. The lowest BCUT2D eigenvalue weighted by molar-refractivity contribution is -0.198. The fourth-order valence-electron chi connectivity index (χ4n) is 2.75. The summed E-state index contributed by atoms with van der Waals surface area (Å²) < 4.78 is 37.9. The number of benzene rings is 1. The molecule has 1 atom stereocenters. The van der Waals surface area contributed by atoms with Crippen LogP contribution in [0.5, 0.6) is 0 Å². The number of anilines is 1. The van der Waals surface area contributed by atoms with Crippen molar-refractivity contribution in [2.45, 2.75) is 31.0 Å². The first kappa shape index (κ1) is 17.2. The number of hydrogen-bond donors (Lipinski definition) is 2. The standard InChI is InChI=1S/C18H16F3N3OS/c19-18(20,21)13(25)8-22-16-14-12(10-4-2-1-3-5-10)9-26-17(14)24-15(23-16)11-6-7-11/h1-5,9,11,13,25H,6-8H2,(H,22,23,24). The fraction of sp³-hybridized carbons (Fsp3) is 0.333. The van der Waals surface area contributed by atoms with Gasteiger partial charge in [0.2, 0.25) is 0 Å². The Hall–Kier alpha value is -2.19. The van der Waals surface area contributed by atoms with Gasteiger partial charge in [0.25, 0.3) is 0 Å². The molecule has 1 saturated carbocycles. The number of rotatable bonds is 5. The largest absolute Gasteiger partial charge is 0.416 e. The van der Waals surface area contributed by atoms with Crippen LogP contribution in [0, 0.1) is 0 Å². The molecule has 0 aliphatic heterocycles. The smallest absolute Gasteiger partial charge is 0.382 e. The molecule has 4 nitrogen and oxygen atoms in total. The van der Waals surface area contributed by atoms with Crippen LogP contribution in [-0.4, -0.2) is 33.9 Å². The minimum Gasteiger partial charge on any atom is -0.382 e. The predicted molar refractivity (Wildman–Crippen MR) is 95.4 cm³/mol. The molecule has 1 aromatic carbocycles. The Morgan fingerprint density at radius 3 is 2.58 bits per heavy atom. The van der Waals surface area contributed by atoms with Gasteiger partial charge in [-0.1, -0.05) is 30.3 Å². The molecule has 2 heterocycles. The maximum absolute atomic E-state index is 12.6. The molecule has 3 aromatic rings. The monoisotopic (exact) mass is 379 g/mol. The van der Waals surface area contributed by atoms with Gasteiger partial charge in [0.15, 0.2) is 6.10 Å². The summed E-state index contributed by atoms with van der Waals surface area (Å²) >= 11 is 1.45. The Bertz CT molecular complexity index is 923. The Kier molecular flexibility index (Phi) is 4.32. The molecular formula is C18H16F3N3OS. The van der Waals surface area contributed by atoms with Gasteiger partial charge in [-0.15, -0.1) is 11.3 Å². The zero-order valence-corrected chi connectivity index (χ0v) is 14.4. The first-order chi connectivity index (χ1) is 12.4. The van der Waals surface area contributed by atoms with E-state index in [1.807, 2.05) is 35.7 Å². The van der Waals surface area contributed by atoms with Crippen molar-refractivity contribution < 1.29 is 18.3 Å². The molecule has 0 saturated heterocycles. The topological polar surface area (TPSA) is 58.0 Å². The Morgan fingerprint density at radius 1 is 1.19 bits per heavy atom. The molecule has 4 rings (SSSR count). The van der Waals surface area contributed by atoms with E-state index in [1.54, 1.807) is 0 Å². The predicted octanol–water partition coefficient (Wildman–Crippen LogP) is 4.57. The lowest BCUT2D eigenvalue weighted by Gasteiger charge is -2.16. The van der Waals surface area contributed by atoms with E-state index in [4.69, 9.17) is 0 Å². The van der Waals surface area contributed by atoms with Crippen LogP contribution in [0.3, 0.4) is 0 Å². The van der Waals surface area contributed by atoms with Gasteiger partial charge in [0, 0.05) is 16.9 Å². The highest BCUT2D eigenvalue weighted by atomic mass is 32.1. The second-order valence-corrected chi connectivity index (χ2v) is 7.20. The molecule has 0 bridgehead atoms. The number of aliphatic hydroxyl groups excluding tert-OH is 1. The van der Waals surface area contributed by atoms with Crippen molar-refractivity contribution in [3.05, 3.63) is 41.5 Å². The molecule has 0 radical (unpaired) electrons. The number of nitrogens with zero attached hydrogens (tertiary/aromatic N) is 2. The van der Waals surface area contributed by atoms with Crippen LogP contribution < -0.4 is 5.32 Å².